The molecule has 0 fully saturated rings. The number of ether oxygens (including phenoxy) is 2. The standard InChI is InChI=1S/C58H100NO8P/c1-3-5-7-9-11-13-15-17-19-20-21-22-23-24-25-26-27-28-29-30-31-32-33-34-35-36-37-39-41-43-45-47-49-51-58(61)67-56(55-66-68(62,63)65-53-52-59)54-64-57(60)50-48-46-44-42-40-38-18-16-14-12-10-8-6-4-2/h5,7,11,13,16-19,21-22,24-25,27-28,30-31,56H,3-4,6,8-10,12,14-15,20,23,26,29,32-55,59H2,1-2H3,(H,62,63)/b7-5-,13-11-,18-16-,19-17-,22-21-,25-24-,28-27-,31-30-. The van der Waals surface area contributed by atoms with Crippen molar-refractivity contribution in [1.29, 1.82) is 0 Å². The Balaban J connectivity index is 3.99. The third kappa shape index (κ3) is 52.3. The molecule has 0 radical (unpaired) electrons. The minimum absolute atomic E-state index is 0.0481. The Morgan fingerprint density at radius 3 is 1.22 bits per heavy atom. The van der Waals surface area contributed by atoms with Gasteiger partial charge >= 0.3 is 19.8 Å². The minimum Gasteiger partial charge on any atom is -0.462 e. The fourth-order valence-electron chi connectivity index (χ4n) is 7.20. The summed E-state index contributed by atoms with van der Waals surface area (Å²) in [6.07, 6.45) is 70.3. The summed E-state index contributed by atoms with van der Waals surface area (Å²) in [6, 6.07) is 0. The van der Waals surface area contributed by atoms with E-state index in [9.17, 15) is 19.0 Å². The Hall–Kier alpha value is -3.07. The molecule has 0 aromatic carbocycles. The zero-order valence-electron chi connectivity index (χ0n) is 43.3. The van der Waals surface area contributed by atoms with Crippen LogP contribution in [0.3, 0.4) is 0 Å². The number of carbonyl (C=O) groups excluding carboxylic acids is 2. The van der Waals surface area contributed by atoms with E-state index in [1.807, 2.05) is 0 Å². The average molecular weight is 970 g/mol. The molecule has 0 amide bonds. The van der Waals surface area contributed by atoms with Crippen LogP contribution in [0.2, 0.25) is 0 Å². The maximum absolute atomic E-state index is 12.7. The zero-order valence-corrected chi connectivity index (χ0v) is 44.2. The highest BCUT2D eigenvalue weighted by molar-refractivity contribution is 7.47. The molecule has 2 atom stereocenters. The summed E-state index contributed by atoms with van der Waals surface area (Å²) < 4.78 is 32.9. The van der Waals surface area contributed by atoms with Crippen LogP contribution in [0.1, 0.15) is 226 Å². The number of carbonyl (C=O) groups is 2. The Morgan fingerprint density at radius 2 is 0.809 bits per heavy atom. The van der Waals surface area contributed by atoms with Gasteiger partial charge in [0.15, 0.2) is 6.10 Å². The number of hydrogen-bond donors (Lipinski definition) is 2. The largest absolute Gasteiger partial charge is 0.472 e. The van der Waals surface area contributed by atoms with E-state index in [1.165, 1.54) is 83.5 Å². The van der Waals surface area contributed by atoms with Crippen LogP contribution in [0.25, 0.3) is 0 Å². The summed E-state index contributed by atoms with van der Waals surface area (Å²) in [5.74, 6) is -0.844. The number of phosphoric ester groups is 1. The minimum atomic E-state index is -4.39. The van der Waals surface area contributed by atoms with Gasteiger partial charge in [-0.2, -0.15) is 0 Å². The van der Waals surface area contributed by atoms with E-state index >= 15 is 0 Å². The van der Waals surface area contributed by atoms with Crippen LogP contribution in [0.5, 0.6) is 0 Å². The molecule has 0 aliphatic carbocycles. The molecule has 0 bridgehead atoms. The molecule has 10 heteroatoms. The van der Waals surface area contributed by atoms with Gasteiger partial charge in [-0.05, 0) is 96.3 Å². The molecule has 390 valence electrons. The van der Waals surface area contributed by atoms with Crippen LogP contribution in [-0.4, -0.2) is 49.3 Å². The van der Waals surface area contributed by atoms with Gasteiger partial charge in [0, 0.05) is 19.4 Å². The summed E-state index contributed by atoms with van der Waals surface area (Å²) >= 11 is 0. The molecular formula is C58H100NO8P. The highest BCUT2D eigenvalue weighted by Gasteiger charge is 2.26. The second-order valence-corrected chi connectivity index (χ2v) is 19.2. The van der Waals surface area contributed by atoms with Crippen LogP contribution in [0, 0.1) is 0 Å². The number of allylic oxidation sites excluding steroid dienone is 16. The highest BCUT2D eigenvalue weighted by atomic mass is 31.2. The van der Waals surface area contributed by atoms with Crippen molar-refractivity contribution < 1.29 is 37.6 Å². The van der Waals surface area contributed by atoms with Crippen molar-refractivity contribution in [1.82, 2.24) is 0 Å². The molecule has 68 heavy (non-hydrogen) atoms. The molecule has 0 spiro atoms. The summed E-state index contributed by atoms with van der Waals surface area (Å²) in [4.78, 5) is 35.1. The van der Waals surface area contributed by atoms with E-state index in [-0.39, 0.29) is 32.6 Å². The first-order chi connectivity index (χ1) is 33.3. The summed E-state index contributed by atoms with van der Waals surface area (Å²) in [5.41, 5.74) is 5.37. The predicted molar refractivity (Wildman–Crippen MR) is 288 cm³/mol. The van der Waals surface area contributed by atoms with Crippen molar-refractivity contribution in [3.63, 3.8) is 0 Å². The topological polar surface area (TPSA) is 134 Å². The van der Waals surface area contributed by atoms with Crippen LogP contribution < -0.4 is 5.73 Å². The molecule has 0 aromatic heterocycles. The number of esters is 2. The third-order valence-corrected chi connectivity index (χ3v) is 12.2. The average Bonchev–Trinajstić information content (AvgIpc) is 3.33. The third-order valence-electron chi connectivity index (χ3n) is 11.2. The lowest BCUT2D eigenvalue weighted by molar-refractivity contribution is -0.161. The maximum Gasteiger partial charge on any atom is 0.472 e. The number of nitrogens with two attached hydrogens (primary N) is 1. The first-order valence-electron chi connectivity index (χ1n) is 27.2. The number of phosphoric acid groups is 1. The molecular weight excluding hydrogens is 870 g/mol. The second kappa shape index (κ2) is 53.3. The lowest BCUT2D eigenvalue weighted by Crippen LogP contribution is -2.29. The summed E-state index contributed by atoms with van der Waals surface area (Å²) in [6.45, 7) is 3.60. The predicted octanol–water partition coefficient (Wildman–Crippen LogP) is 16.9. The first kappa shape index (κ1) is 64.9. The zero-order chi connectivity index (χ0) is 49.5. The molecule has 0 aliphatic rings. The number of rotatable bonds is 50. The van der Waals surface area contributed by atoms with Gasteiger partial charge in [0.1, 0.15) is 6.61 Å². The van der Waals surface area contributed by atoms with Gasteiger partial charge < -0.3 is 20.1 Å². The quantitative estimate of drug-likeness (QED) is 0.0264. The summed E-state index contributed by atoms with van der Waals surface area (Å²) in [7, 11) is -4.39. The van der Waals surface area contributed by atoms with Crippen molar-refractivity contribution in [3.05, 3.63) is 97.2 Å². The van der Waals surface area contributed by atoms with Crippen molar-refractivity contribution in [2.45, 2.75) is 232 Å². The second-order valence-electron chi connectivity index (χ2n) is 17.7. The van der Waals surface area contributed by atoms with Crippen LogP contribution in [-0.2, 0) is 32.7 Å². The first-order valence-corrected chi connectivity index (χ1v) is 28.7. The van der Waals surface area contributed by atoms with Crippen LogP contribution >= 0.6 is 7.82 Å². The van der Waals surface area contributed by atoms with Gasteiger partial charge in [-0.3, -0.25) is 18.6 Å². The van der Waals surface area contributed by atoms with Gasteiger partial charge in [-0.1, -0.05) is 214 Å². The Kier molecular flexibility index (Phi) is 50.9. The van der Waals surface area contributed by atoms with Crippen LogP contribution in [0.15, 0.2) is 97.2 Å². The Labute approximate surface area is 416 Å². The normalized spacial score (nSPS) is 13.9. The van der Waals surface area contributed by atoms with E-state index in [0.717, 1.165) is 109 Å². The fraction of sp³-hybridized carbons (Fsp3) is 0.690. The van der Waals surface area contributed by atoms with E-state index in [1.54, 1.807) is 0 Å². The van der Waals surface area contributed by atoms with Gasteiger partial charge in [0.25, 0.3) is 0 Å². The van der Waals surface area contributed by atoms with Crippen molar-refractivity contribution in [3.8, 4) is 0 Å². The van der Waals surface area contributed by atoms with Gasteiger partial charge in [0.2, 0.25) is 0 Å². The Morgan fingerprint density at radius 1 is 0.456 bits per heavy atom. The lowest BCUT2D eigenvalue weighted by atomic mass is 10.0. The number of unbranched alkanes of at least 4 members (excludes halogenated alkanes) is 21. The van der Waals surface area contributed by atoms with E-state index in [0.29, 0.717) is 6.42 Å². The fourth-order valence-corrected chi connectivity index (χ4v) is 7.96. The molecule has 2 unspecified atom stereocenters. The molecule has 0 heterocycles. The highest BCUT2D eigenvalue weighted by Crippen LogP contribution is 2.43. The number of hydrogen-bond acceptors (Lipinski definition) is 8. The lowest BCUT2D eigenvalue weighted by Gasteiger charge is -2.19. The van der Waals surface area contributed by atoms with Crippen molar-refractivity contribution in [2.24, 2.45) is 5.73 Å². The molecule has 9 nitrogen and oxygen atoms in total. The van der Waals surface area contributed by atoms with Gasteiger partial charge in [0.05, 0.1) is 13.2 Å². The molecule has 0 saturated carbocycles. The molecule has 0 saturated heterocycles. The Bertz CT molecular complexity index is 1430. The summed E-state index contributed by atoms with van der Waals surface area (Å²) in [5, 5.41) is 0. The molecule has 0 aromatic rings. The van der Waals surface area contributed by atoms with Gasteiger partial charge in [-0.25, -0.2) is 4.57 Å². The monoisotopic (exact) mass is 970 g/mol. The molecule has 0 aliphatic heterocycles. The molecule has 0 rings (SSSR count). The maximum atomic E-state index is 12.7. The van der Waals surface area contributed by atoms with Gasteiger partial charge in [-0.15, -0.1) is 0 Å². The van der Waals surface area contributed by atoms with E-state index in [4.69, 9.17) is 24.3 Å². The van der Waals surface area contributed by atoms with E-state index in [2.05, 4.69) is 111 Å². The SMILES string of the molecule is CC/C=C\C/C=C\C/C=C\C/C=C\C/C=C\C/C=C\C/C=C\CCCCCCCCCCCCCC(=O)OC(COC(=O)CCCCCCC/C=C\CCCCCCC)COP(=O)(O)OCCN. The van der Waals surface area contributed by atoms with Crippen molar-refractivity contribution in [2.75, 3.05) is 26.4 Å². The van der Waals surface area contributed by atoms with Crippen LogP contribution in [0.4, 0.5) is 0 Å². The molecule has 3 N–H and O–H groups in total. The van der Waals surface area contributed by atoms with Crippen molar-refractivity contribution >= 4 is 19.8 Å². The smallest absolute Gasteiger partial charge is 0.462 e. The van der Waals surface area contributed by atoms with E-state index < -0.39 is 32.5 Å².